The second-order valence-electron chi connectivity index (χ2n) is 5.06. The summed E-state index contributed by atoms with van der Waals surface area (Å²) in [5, 5.41) is 10.2. The maximum Gasteiger partial charge on any atom is 0.257 e. The van der Waals surface area contributed by atoms with Crippen LogP contribution < -0.4 is 0 Å². The normalized spacial score (nSPS) is 12.6. The van der Waals surface area contributed by atoms with Crippen molar-refractivity contribution < 1.29 is 9.90 Å². The van der Waals surface area contributed by atoms with Gasteiger partial charge in [-0.15, -0.1) is 0 Å². The smallest absolute Gasteiger partial charge is 0.257 e. The van der Waals surface area contributed by atoms with Crippen molar-refractivity contribution >= 4 is 17.5 Å². The van der Waals surface area contributed by atoms with Crippen LogP contribution >= 0.6 is 11.6 Å². The zero-order chi connectivity index (χ0) is 13.9. The minimum Gasteiger partial charge on any atom is -0.507 e. The van der Waals surface area contributed by atoms with Gasteiger partial charge < -0.3 is 10.0 Å². The topological polar surface area (TPSA) is 40.5 Å². The van der Waals surface area contributed by atoms with Crippen molar-refractivity contribution in [2.45, 2.75) is 33.2 Å². The first-order chi connectivity index (χ1) is 8.32. The first-order valence-electron chi connectivity index (χ1n) is 6.08. The number of carbonyl (C=O) groups is 1. The molecule has 0 radical (unpaired) electrons. The monoisotopic (exact) mass is 269 g/mol. The standard InChI is InChI=1S/C14H20ClNO2/c1-9(2)7-10(3)16(4)14(18)12-8-11(15)5-6-13(12)17/h5-6,8-10,17H,7H2,1-4H3. The largest absolute Gasteiger partial charge is 0.507 e. The number of hydrogen-bond acceptors (Lipinski definition) is 2. The van der Waals surface area contributed by atoms with Crippen LogP contribution in [0.4, 0.5) is 0 Å². The highest BCUT2D eigenvalue weighted by Gasteiger charge is 2.21. The molecule has 0 spiro atoms. The van der Waals surface area contributed by atoms with Crippen LogP contribution in [0.15, 0.2) is 18.2 Å². The van der Waals surface area contributed by atoms with Gasteiger partial charge in [-0.05, 0) is 37.5 Å². The van der Waals surface area contributed by atoms with E-state index in [-0.39, 0.29) is 23.3 Å². The van der Waals surface area contributed by atoms with Gasteiger partial charge in [-0.25, -0.2) is 0 Å². The van der Waals surface area contributed by atoms with Crippen LogP contribution in [0.25, 0.3) is 0 Å². The molecule has 0 saturated carbocycles. The molecule has 0 aromatic heterocycles. The van der Waals surface area contributed by atoms with Crippen LogP contribution in [0, 0.1) is 5.92 Å². The zero-order valence-electron chi connectivity index (χ0n) is 11.3. The minimum atomic E-state index is -0.205. The van der Waals surface area contributed by atoms with E-state index in [9.17, 15) is 9.90 Å². The molecule has 18 heavy (non-hydrogen) atoms. The van der Waals surface area contributed by atoms with E-state index in [1.807, 2.05) is 6.92 Å². The number of benzene rings is 1. The fourth-order valence-corrected chi connectivity index (χ4v) is 2.08. The molecule has 0 aliphatic carbocycles. The molecule has 1 aromatic carbocycles. The minimum absolute atomic E-state index is 0.0343. The Morgan fingerprint density at radius 2 is 2.00 bits per heavy atom. The highest BCUT2D eigenvalue weighted by atomic mass is 35.5. The molecule has 1 unspecified atom stereocenters. The van der Waals surface area contributed by atoms with E-state index in [1.165, 1.54) is 12.1 Å². The zero-order valence-corrected chi connectivity index (χ0v) is 12.0. The van der Waals surface area contributed by atoms with Crippen molar-refractivity contribution in [1.82, 2.24) is 4.90 Å². The van der Waals surface area contributed by atoms with Crippen LogP contribution in [0.5, 0.6) is 5.75 Å². The summed E-state index contributed by atoms with van der Waals surface area (Å²) < 4.78 is 0. The van der Waals surface area contributed by atoms with Crippen molar-refractivity contribution in [2.75, 3.05) is 7.05 Å². The molecule has 100 valence electrons. The van der Waals surface area contributed by atoms with E-state index in [1.54, 1.807) is 18.0 Å². The molecule has 0 aliphatic heterocycles. The van der Waals surface area contributed by atoms with Crippen molar-refractivity contribution in [1.29, 1.82) is 0 Å². The highest BCUT2D eigenvalue weighted by Crippen LogP contribution is 2.24. The van der Waals surface area contributed by atoms with Gasteiger partial charge in [0.15, 0.2) is 0 Å². The van der Waals surface area contributed by atoms with E-state index in [4.69, 9.17) is 11.6 Å². The summed E-state index contributed by atoms with van der Waals surface area (Å²) >= 11 is 5.85. The second-order valence-corrected chi connectivity index (χ2v) is 5.49. The van der Waals surface area contributed by atoms with Gasteiger partial charge in [-0.1, -0.05) is 25.4 Å². The van der Waals surface area contributed by atoms with Crippen molar-refractivity contribution in [2.24, 2.45) is 5.92 Å². The van der Waals surface area contributed by atoms with Gasteiger partial charge in [-0.2, -0.15) is 0 Å². The lowest BCUT2D eigenvalue weighted by atomic mass is 10.0. The van der Waals surface area contributed by atoms with Gasteiger partial charge in [-0.3, -0.25) is 4.79 Å². The Morgan fingerprint density at radius 1 is 1.39 bits per heavy atom. The molecule has 1 amide bonds. The van der Waals surface area contributed by atoms with Crippen molar-refractivity contribution in [3.8, 4) is 5.75 Å². The summed E-state index contributed by atoms with van der Waals surface area (Å²) in [6.45, 7) is 6.23. The number of phenolic OH excluding ortho intramolecular Hbond substituents is 1. The molecular formula is C14H20ClNO2. The molecule has 1 atom stereocenters. The second kappa shape index (κ2) is 6.10. The molecule has 0 heterocycles. The molecule has 3 nitrogen and oxygen atoms in total. The van der Waals surface area contributed by atoms with E-state index < -0.39 is 0 Å². The Bertz CT molecular complexity index is 432. The van der Waals surface area contributed by atoms with Gasteiger partial charge in [0.2, 0.25) is 0 Å². The third kappa shape index (κ3) is 3.64. The van der Waals surface area contributed by atoms with Crippen molar-refractivity contribution in [3.05, 3.63) is 28.8 Å². The lowest BCUT2D eigenvalue weighted by Crippen LogP contribution is -2.35. The average Bonchev–Trinajstić information content (AvgIpc) is 2.29. The number of phenols is 1. The number of hydrogen-bond donors (Lipinski definition) is 1. The Kier molecular flexibility index (Phi) is 5.03. The fourth-order valence-electron chi connectivity index (χ4n) is 1.91. The van der Waals surface area contributed by atoms with Crippen LogP contribution in [0.3, 0.4) is 0 Å². The van der Waals surface area contributed by atoms with E-state index in [2.05, 4.69) is 13.8 Å². The first-order valence-corrected chi connectivity index (χ1v) is 6.46. The van der Waals surface area contributed by atoms with Gasteiger partial charge >= 0.3 is 0 Å². The van der Waals surface area contributed by atoms with E-state index in [0.717, 1.165) is 6.42 Å². The van der Waals surface area contributed by atoms with Crippen molar-refractivity contribution in [3.63, 3.8) is 0 Å². The maximum atomic E-state index is 12.2. The number of aromatic hydroxyl groups is 1. The molecular weight excluding hydrogens is 250 g/mol. The quantitative estimate of drug-likeness (QED) is 0.908. The molecule has 1 rings (SSSR count). The van der Waals surface area contributed by atoms with Gasteiger partial charge in [0.05, 0.1) is 5.56 Å². The van der Waals surface area contributed by atoms with E-state index in [0.29, 0.717) is 10.9 Å². The summed E-state index contributed by atoms with van der Waals surface area (Å²) in [5.41, 5.74) is 0.251. The lowest BCUT2D eigenvalue weighted by molar-refractivity contribution is 0.0725. The molecule has 1 N–H and O–H groups in total. The third-order valence-electron chi connectivity index (χ3n) is 2.98. The SMILES string of the molecule is CC(C)CC(C)N(C)C(=O)c1cc(Cl)ccc1O. The van der Waals surface area contributed by atoms with Crippen LogP contribution in [-0.2, 0) is 0 Å². The van der Waals surface area contributed by atoms with Gasteiger partial charge in [0.1, 0.15) is 5.75 Å². The number of halogens is 1. The average molecular weight is 270 g/mol. The lowest BCUT2D eigenvalue weighted by Gasteiger charge is -2.26. The fraction of sp³-hybridized carbons (Fsp3) is 0.500. The van der Waals surface area contributed by atoms with Gasteiger partial charge in [0, 0.05) is 18.1 Å². The number of rotatable bonds is 4. The number of amides is 1. The molecule has 0 fully saturated rings. The maximum absolute atomic E-state index is 12.2. The molecule has 4 heteroatoms. The Balaban J connectivity index is 2.89. The predicted octanol–water partition coefficient (Wildman–Crippen LogP) is 3.55. The first kappa shape index (κ1) is 14.8. The summed E-state index contributed by atoms with van der Waals surface area (Å²) in [6.07, 6.45) is 0.920. The predicted molar refractivity (Wildman–Crippen MR) is 74.1 cm³/mol. The Hall–Kier alpha value is -1.22. The van der Waals surface area contributed by atoms with Gasteiger partial charge in [0.25, 0.3) is 5.91 Å². The number of nitrogens with zero attached hydrogens (tertiary/aromatic N) is 1. The van der Waals surface area contributed by atoms with E-state index >= 15 is 0 Å². The molecule has 0 bridgehead atoms. The summed E-state index contributed by atoms with van der Waals surface area (Å²) in [4.78, 5) is 13.9. The summed E-state index contributed by atoms with van der Waals surface area (Å²) in [6, 6.07) is 4.62. The molecule has 0 saturated heterocycles. The molecule has 0 aliphatic rings. The third-order valence-corrected chi connectivity index (χ3v) is 3.22. The highest BCUT2D eigenvalue weighted by molar-refractivity contribution is 6.31. The summed E-state index contributed by atoms with van der Waals surface area (Å²) in [7, 11) is 1.75. The van der Waals surface area contributed by atoms with Crippen LogP contribution in [-0.4, -0.2) is 29.0 Å². The van der Waals surface area contributed by atoms with Crippen LogP contribution in [0.1, 0.15) is 37.6 Å². The number of carbonyl (C=O) groups excluding carboxylic acids is 1. The Labute approximate surface area is 113 Å². The Morgan fingerprint density at radius 3 is 2.56 bits per heavy atom. The van der Waals surface area contributed by atoms with Crippen LogP contribution in [0.2, 0.25) is 5.02 Å². The molecule has 1 aromatic rings. The summed E-state index contributed by atoms with van der Waals surface area (Å²) in [5.74, 6) is 0.277.